The van der Waals surface area contributed by atoms with Gasteiger partial charge in [-0.05, 0) is 49.9 Å². The Morgan fingerprint density at radius 3 is 2.92 bits per heavy atom. The number of carbonyl (C=O) groups excluding carboxylic acids is 1. The maximum Gasteiger partial charge on any atom is 0.305 e. The number of hydrogen-bond acceptors (Lipinski definition) is 3. The first-order valence-electron chi connectivity index (χ1n) is 8.98. The predicted octanol–water partition coefficient (Wildman–Crippen LogP) is 2.75. The second-order valence-corrected chi connectivity index (χ2v) is 5.97. The van der Waals surface area contributed by atoms with Crippen molar-refractivity contribution in [1.82, 2.24) is 15.6 Å². The fraction of sp³-hybridized carbons (Fsp3) is 0.474. The van der Waals surface area contributed by atoms with Gasteiger partial charge in [0.1, 0.15) is 5.82 Å². The Labute approximate surface area is 153 Å². The fourth-order valence-corrected chi connectivity index (χ4v) is 2.70. The lowest BCUT2D eigenvalue weighted by Gasteiger charge is -2.11. The quantitative estimate of drug-likeness (QED) is 0.277. The van der Waals surface area contributed by atoms with Gasteiger partial charge in [-0.3, -0.25) is 9.79 Å². The molecule has 1 aromatic carbocycles. The summed E-state index contributed by atoms with van der Waals surface area (Å²) in [7, 11) is 1.40. The molecule has 0 saturated carbocycles. The lowest BCUT2D eigenvalue weighted by Crippen LogP contribution is -2.38. The molecule has 0 unspecified atom stereocenters. The number of esters is 1. The van der Waals surface area contributed by atoms with Crippen molar-refractivity contribution in [2.24, 2.45) is 4.99 Å². The van der Waals surface area contributed by atoms with Crippen molar-refractivity contribution in [2.75, 3.05) is 26.7 Å². The van der Waals surface area contributed by atoms with Crippen LogP contribution in [0.15, 0.2) is 29.4 Å². The van der Waals surface area contributed by atoms with Gasteiger partial charge < -0.3 is 20.4 Å². The highest BCUT2D eigenvalue weighted by Gasteiger charge is 2.05. The zero-order valence-electron chi connectivity index (χ0n) is 15.4. The van der Waals surface area contributed by atoms with Gasteiger partial charge in [-0.15, -0.1) is 0 Å². The third kappa shape index (κ3) is 6.06. The van der Waals surface area contributed by atoms with E-state index in [-0.39, 0.29) is 11.8 Å². The number of halogens is 1. The van der Waals surface area contributed by atoms with Crippen molar-refractivity contribution in [1.29, 1.82) is 0 Å². The predicted molar refractivity (Wildman–Crippen MR) is 102 cm³/mol. The van der Waals surface area contributed by atoms with E-state index < -0.39 is 0 Å². The van der Waals surface area contributed by atoms with Crippen LogP contribution in [0.2, 0.25) is 0 Å². The maximum atomic E-state index is 13.2. The number of aliphatic imine (C=N–C) groups is 1. The van der Waals surface area contributed by atoms with Crippen LogP contribution in [0.1, 0.15) is 31.7 Å². The van der Waals surface area contributed by atoms with E-state index in [4.69, 9.17) is 0 Å². The lowest BCUT2D eigenvalue weighted by molar-refractivity contribution is -0.140. The van der Waals surface area contributed by atoms with E-state index in [0.717, 1.165) is 54.8 Å². The van der Waals surface area contributed by atoms with Gasteiger partial charge >= 0.3 is 5.97 Å². The molecule has 142 valence electrons. The summed E-state index contributed by atoms with van der Waals surface area (Å²) in [5.74, 6) is 0.340. The Kier molecular flexibility index (Phi) is 7.92. The third-order valence-electron chi connectivity index (χ3n) is 4.05. The first-order valence-corrected chi connectivity index (χ1v) is 8.98. The monoisotopic (exact) mass is 362 g/mol. The second kappa shape index (κ2) is 10.4. The van der Waals surface area contributed by atoms with Crippen LogP contribution in [0.25, 0.3) is 10.9 Å². The van der Waals surface area contributed by atoms with Gasteiger partial charge in [-0.1, -0.05) is 0 Å². The van der Waals surface area contributed by atoms with E-state index in [1.807, 2.05) is 13.1 Å². The summed E-state index contributed by atoms with van der Waals surface area (Å²) in [4.78, 5) is 18.7. The number of methoxy groups -OCH3 is 1. The smallest absolute Gasteiger partial charge is 0.305 e. The number of aromatic amines is 1. The van der Waals surface area contributed by atoms with E-state index in [1.165, 1.54) is 19.2 Å². The van der Waals surface area contributed by atoms with Gasteiger partial charge in [0.25, 0.3) is 0 Å². The minimum absolute atomic E-state index is 0.183. The average Bonchev–Trinajstić information content (AvgIpc) is 3.03. The Balaban J connectivity index is 1.79. The number of guanidine groups is 1. The van der Waals surface area contributed by atoms with E-state index in [2.05, 4.69) is 25.3 Å². The van der Waals surface area contributed by atoms with Crippen molar-refractivity contribution in [2.45, 2.75) is 32.6 Å². The van der Waals surface area contributed by atoms with Crippen LogP contribution in [0.5, 0.6) is 0 Å². The second-order valence-electron chi connectivity index (χ2n) is 5.97. The highest BCUT2D eigenvalue weighted by molar-refractivity contribution is 5.83. The van der Waals surface area contributed by atoms with Crippen molar-refractivity contribution in [3.63, 3.8) is 0 Å². The summed E-state index contributed by atoms with van der Waals surface area (Å²) in [6, 6.07) is 4.79. The van der Waals surface area contributed by atoms with Crippen LogP contribution in [0.4, 0.5) is 4.39 Å². The van der Waals surface area contributed by atoms with Gasteiger partial charge in [0.05, 0.1) is 7.11 Å². The first-order chi connectivity index (χ1) is 12.6. The van der Waals surface area contributed by atoms with Crippen molar-refractivity contribution in [3.05, 3.63) is 35.8 Å². The zero-order chi connectivity index (χ0) is 18.8. The molecular weight excluding hydrogens is 335 g/mol. The van der Waals surface area contributed by atoms with Crippen LogP contribution >= 0.6 is 0 Å². The lowest BCUT2D eigenvalue weighted by atomic mass is 10.1. The largest absolute Gasteiger partial charge is 0.469 e. The summed E-state index contributed by atoms with van der Waals surface area (Å²) in [6.45, 7) is 4.17. The Morgan fingerprint density at radius 1 is 1.31 bits per heavy atom. The Hall–Kier alpha value is -2.57. The molecule has 0 radical (unpaired) electrons. The number of hydrogen-bond donors (Lipinski definition) is 3. The molecule has 0 fully saturated rings. The third-order valence-corrected chi connectivity index (χ3v) is 4.05. The topological polar surface area (TPSA) is 78.5 Å². The number of benzene rings is 1. The summed E-state index contributed by atoms with van der Waals surface area (Å²) in [6.07, 6.45) is 4.75. The molecule has 3 N–H and O–H groups in total. The number of nitrogens with zero attached hydrogens (tertiary/aromatic N) is 1. The van der Waals surface area contributed by atoms with Gasteiger partial charge in [0.15, 0.2) is 5.96 Å². The average molecular weight is 362 g/mol. The van der Waals surface area contributed by atoms with Crippen molar-refractivity contribution in [3.8, 4) is 0 Å². The standard InChI is InChI=1S/C19H27FN4O2/c1-3-21-19(22-10-5-4-6-18(25)26-2)23-11-9-14-13-24-17-12-15(20)7-8-16(14)17/h7-8,12-13,24H,3-6,9-11H2,1-2H3,(H2,21,22,23). The van der Waals surface area contributed by atoms with Crippen LogP contribution in [0, 0.1) is 5.82 Å². The summed E-state index contributed by atoms with van der Waals surface area (Å²) in [5.41, 5.74) is 1.95. The van der Waals surface area contributed by atoms with Crippen LogP contribution < -0.4 is 10.6 Å². The molecule has 2 aromatic rings. The van der Waals surface area contributed by atoms with Crippen LogP contribution in [0.3, 0.4) is 0 Å². The minimum Gasteiger partial charge on any atom is -0.469 e. The molecule has 0 aliphatic carbocycles. The molecule has 0 saturated heterocycles. The van der Waals surface area contributed by atoms with Gasteiger partial charge in [-0.2, -0.15) is 0 Å². The number of H-pyrrole nitrogens is 1. The number of ether oxygens (including phenoxy) is 1. The molecule has 26 heavy (non-hydrogen) atoms. The van der Waals surface area contributed by atoms with Gasteiger partial charge in [0.2, 0.25) is 0 Å². The normalized spacial score (nSPS) is 11.6. The SMILES string of the molecule is CCNC(=NCCCCC(=O)OC)NCCc1c[nH]c2cc(F)ccc12. The molecule has 0 spiro atoms. The number of aromatic nitrogens is 1. The number of unbranched alkanes of at least 4 members (excludes halogenated alkanes) is 1. The molecule has 7 heteroatoms. The van der Waals surface area contributed by atoms with Crippen molar-refractivity contribution < 1.29 is 13.9 Å². The molecule has 0 atom stereocenters. The molecule has 6 nitrogen and oxygen atoms in total. The van der Waals surface area contributed by atoms with Crippen molar-refractivity contribution >= 4 is 22.8 Å². The van der Waals surface area contributed by atoms with E-state index in [1.54, 1.807) is 6.07 Å². The molecule has 0 amide bonds. The molecule has 0 aliphatic rings. The zero-order valence-corrected chi connectivity index (χ0v) is 15.4. The van der Waals surface area contributed by atoms with E-state index >= 15 is 0 Å². The minimum atomic E-state index is -0.238. The number of nitrogens with one attached hydrogen (secondary N) is 3. The highest BCUT2D eigenvalue weighted by Crippen LogP contribution is 2.19. The Morgan fingerprint density at radius 2 is 2.15 bits per heavy atom. The van der Waals surface area contributed by atoms with Gasteiger partial charge in [-0.25, -0.2) is 4.39 Å². The number of rotatable bonds is 9. The first kappa shape index (κ1) is 19.8. The van der Waals surface area contributed by atoms with Gasteiger partial charge in [0, 0.05) is 43.2 Å². The Bertz CT molecular complexity index is 742. The van der Waals surface area contributed by atoms with E-state index in [9.17, 15) is 9.18 Å². The molecule has 1 heterocycles. The molecule has 1 aromatic heterocycles. The maximum absolute atomic E-state index is 13.2. The molecule has 0 bridgehead atoms. The fourth-order valence-electron chi connectivity index (χ4n) is 2.70. The summed E-state index contributed by atoms with van der Waals surface area (Å²) < 4.78 is 17.9. The molecule has 2 rings (SSSR count). The molecule has 0 aliphatic heterocycles. The van der Waals surface area contributed by atoms with Crippen LogP contribution in [-0.2, 0) is 16.0 Å². The van der Waals surface area contributed by atoms with E-state index in [0.29, 0.717) is 13.0 Å². The van der Waals surface area contributed by atoms with Crippen LogP contribution in [-0.4, -0.2) is 43.7 Å². The molecular formula is C19H27FN4O2. The highest BCUT2D eigenvalue weighted by atomic mass is 19.1. The number of fused-ring (bicyclic) bond motifs is 1. The number of carbonyl (C=O) groups is 1. The summed E-state index contributed by atoms with van der Waals surface area (Å²) in [5, 5.41) is 7.55. The summed E-state index contributed by atoms with van der Waals surface area (Å²) >= 11 is 0.